The highest BCUT2D eigenvalue weighted by atomic mass is 35.5. The normalized spacial score (nSPS) is 15.2. The molecule has 0 spiro atoms. The van der Waals surface area contributed by atoms with Crippen LogP contribution in [0.3, 0.4) is 0 Å². The first-order valence-corrected chi connectivity index (χ1v) is 17.0. The van der Waals surface area contributed by atoms with E-state index in [0.29, 0.717) is 32.0 Å². The van der Waals surface area contributed by atoms with E-state index in [1.165, 1.54) is 12.1 Å². The zero-order chi connectivity index (χ0) is 34.8. The average molecular weight is 717 g/mol. The summed E-state index contributed by atoms with van der Waals surface area (Å²) in [5.74, 6) is -1.26. The zero-order valence-electron chi connectivity index (χ0n) is 25.8. The number of anilines is 2. The van der Waals surface area contributed by atoms with Crippen LogP contribution in [0.5, 0.6) is 17.4 Å². The predicted molar refractivity (Wildman–Crippen MR) is 178 cm³/mol. The molecule has 1 atom stereocenters. The smallest absolute Gasteiger partial charge is 0.437 e. The number of aryl methyl sites for hydroxylation is 1. The molecule has 16 heteroatoms. The highest BCUT2D eigenvalue weighted by Gasteiger charge is 2.31. The van der Waals surface area contributed by atoms with Gasteiger partial charge in [0.15, 0.2) is 0 Å². The molecule has 0 unspecified atom stereocenters. The van der Waals surface area contributed by atoms with Crippen molar-refractivity contribution in [1.82, 2.24) is 20.3 Å². The van der Waals surface area contributed by atoms with Gasteiger partial charge in [0.25, 0.3) is 10.0 Å². The number of ether oxygens (including phenoxy) is 2. The fraction of sp³-hybridized carbons (Fsp3) is 0.242. The van der Waals surface area contributed by atoms with E-state index in [-0.39, 0.29) is 28.6 Å². The quantitative estimate of drug-likeness (QED) is 0.112. The van der Waals surface area contributed by atoms with Crippen LogP contribution in [0.2, 0.25) is 0 Å². The summed E-state index contributed by atoms with van der Waals surface area (Å²) < 4.78 is 90.2. The first-order valence-electron chi connectivity index (χ1n) is 15.1. The summed E-state index contributed by atoms with van der Waals surface area (Å²) in [7, 11) is -4.45. The van der Waals surface area contributed by atoms with Gasteiger partial charge < -0.3 is 20.1 Å². The first kappa shape index (κ1) is 34.1. The number of halogens is 5. The van der Waals surface area contributed by atoms with Gasteiger partial charge in [0.1, 0.15) is 23.0 Å². The molecule has 1 aliphatic heterocycles. The Morgan fingerprint density at radius 1 is 1.02 bits per heavy atom. The van der Waals surface area contributed by atoms with E-state index >= 15 is 4.39 Å². The van der Waals surface area contributed by atoms with Crippen LogP contribution < -0.4 is 23.9 Å². The third-order valence-electron chi connectivity index (χ3n) is 7.73. The Morgan fingerprint density at radius 3 is 2.53 bits per heavy atom. The minimum atomic E-state index is -4.91. The number of piperidine rings is 1. The molecule has 10 nitrogen and oxygen atoms in total. The number of benzene rings is 3. The number of sulfonamides is 1. The van der Waals surface area contributed by atoms with Crippen LogP contribution in [-0.4, -0.2) is 48.9 Å². The average Bonchev–Trinajstić information content (AvgIpc) is 3.06. The van der Waals surface area contributed by atoms with Crippen LogP contribution in [-0.2, 0) is 15.8 Å². The molecule has 0 aliphatic carbocycles. The Labute approximate surface area is 284 Å². The predicted octanol–water partition coefficient (Wildman–Crippen LogP) is 7.48. The summed E-state index contributed by atoms with van der Waals surface area (Å²) in [6.45, 7) is 3.54. The summed E-state index contributed by atoms with van der Waals surface area (Å²) >= 11 is 6.35. The Hall–Kier alpha value is -4.73. The molecule has 3 heterocycles. The van der Waals surface area contributed by atoms with Crippen molar-refractivity contribution in [3.05, 3.63) is 96.1 Å². The van der Waals surface area contributed by atoms with Gasteiger partial charge in [-0.25, -0.2) is 27.8 Å². The van der Waals surface area contributed by atoms with Gasteiger partial charge in [0.2, 0.25) is 11.8 Å². The van der Waals surface area contributed by atoms with E-state index in [1.807, 2.05) is 0 Å². The number of nitrogens with zero attached hydrogens (tertiary/aromatic N) is 4. The van der Waals surface area contributed by atoms with E-state index in [2.05, 4.69) is 30.3 Å². The molecule has 0 radical (unpaired) electrons. The molecule has 0 bridgehead atoms. The molecule has 5 aromatic rings. The second-order valence-electron chi connectivity index (χ2n) is 11.3. The highest BCUT2D eigenvalue weighted by Crippen LogP contribution is 2.42. The lowest BCUT2D eigenvalue weighted by atomic mass is 10.0. The summed E-state index contributed by atoms with van der Waals surface area (Å²) in [5.41, 5.74) is 1.39. The van der Waals surface area contributed by atoms with E-state index in [9.17, 15) is 21.6 Å². The molecule has 6 rings (SSSR count). The maximum atomic E-state index is 15.4. The monoisotopic (exact) mass is 716 g/mol. The van der Waals surface area contributed by atoms with Gasteiger partial charge in [-0.2, -0.15) is 3.82 Å². The molecule has 2 aromatic heterocycles. The van der Waals surface area contributed by atoms with Crippen LogP contribution in [0, 0.1) is 12.7 Å². The summed E-state index contributed by atoms with van der Waals surface area (Å²) in [6, 6.07) is 15.3. The van der Waals surface area contributed by atoms with Crippen molar-refractivity contribution >= 4 is 44.2 Å². The van der Waals surface area contributed by atoms with Crippen LogP contribution in [0.25, 0.3) is 22.0 Å². The van der Waals surface area contributed by atoms with Gasteiger partial charge in [-0.05, 0) is 79.9 Å². The van der Waals surface area contributed by atoms with E-state index in [0.717, 1.165) is 56.3 Å². The summed E-state index contributed by atoms with van der Waals surface area (Å²) in [4.78, 5) is 13.5. The fourth-order valence-corrected chi connectivity index (χ4v) is 6.96. The molecule has 2 N–H and O–H groups in total. The summed E-state index contributed by atoms with van der Waals surface area (Å²) in [5, 5.41) is 7.18. The van der Waals surface area contributed by atoms with Crippen molar-refractivity contribution in [3.8, 4) is 28.6 Å². The largest absolute Gasteiger partial charge is 0.573 e. The SMILES string of the molecule is Cc1ccc2c(N(Cl)S(=O)(=O)Cc3ccc(OC(F)(F)F)cc3)c(F)ccc2c1Oc1ncccc1-c1ccnc(N[C@H]2CCCNC2)n1. The lowest BCUT2D eigenvalue weighted by Crippen LogP contribution is -2.38. The van der Waals surface area contributed by atoms with Crippen molar-refractivity contribution in [3.63, 3.8) is 0 Å². The van der Waals surface area contributed by atoms with E-state index in [4.69, 9.17) is 16.5 Å². The van der Waals surface area contributed by atoms with Crippen LogP contribution >= 0.6 is 11.8 Å². The highest BCUT2D eigenvalue weighted by molar-refractivity contribution is 7.93. The minimum absolute atomic E-state index is 0.0989. The number of aromatic nitrogens is 3. The number of rotatable bonds is 10. The second kappa shape index (κ2) is 14.0. The van der Waals surface area contributed by atoms with Crippen molar-refractivity contribution < 1.29 is 35.5 Å². The number of alkyl halides is 3. The Morgan fingerprint density at radius 2 is 1.80 bits per heavy atom. The van der Waals surface area contributed by atoms with E-state index in [1.54, 1.807) is 43.6 Å². The second-order valence-corrected chi connectivity index (χ2v) is 13.6. The van der Waals surface area contributed by atoms with Crippen molar-refractivity contribution in [2.75, 3.05) is 22.2 Å². The maximum absolute atomic E-state index is 15.4. The fourth-order valence-electron chi connectivity index (χ4n) is 5.45. The number of nitrogens with one attached hydrogen (secondary N) is 2. The number of hydrogen-bond donors (Lipinski definition) is 2. The van der Waals surface area contributed by atoms with Crippen molar-refractivity contribution in [2.24, 2.45) is 0 Å². The Kier molecular flexibility index (Phi) is 9.77. The lowest BCUT2D eigenvalue weighted by molar-refractivity contribution is -0.274. The van der Waals surface area contributed by atoms with Gasteiger partial charge in [-0.3, -0.25) is 0 Å². The zero-order valence-corrected chi connectivity index (χ0v) is 27.4. The van der Waals surface area contributed by atoms with Gasteiger partial charge in [-0.15, -0.1) is 13.2 Å². The third-order valence-corrected chi connectivity index (χ3v) is 9.90. The molecule has 1 aliphatic rings. The van der Waals surface area contributed by atoms with Gasteiger partial charge >= 0.3 is 6.36 Å². The molecular formula is C33H29ClF4N6O4S. The molecule has 1 fully saturated rings. The van der Waals surface area contributed by atoms with Gasteiger partial charge in [0, 0.05) is 47.5 Å². The lowest BCUT2D eigenvalue weighted by Gasteiger charge is -2.23. The molecule has 1 saturated heterocycles. The Balaban J connectivity index is 1.30. The van der Waals surface area contributed by atoms with E-state index < -0.39 is 39.4 Å². The summed E-state index contributed by atoms with van der Waals surface area (Å²) in [6.07, 6.45) is 0.303. The topological polar surface area (TPSA) is 119 Å². The maximum Gasteiger partial charge on any atom is 0.573 e. The first-order chi connectivity index (χ1) is 23.4. The van der Waals surface area contributed by atoms with Crippen LogP contribution in [0.15, 0.2) is 79.1 Å². The molecule has 0 amide bonds. The molecule has 49 heavy (non-hydrogen) atoms. The van der Waals surface area contributed by atoms with Gasteiger partial charge in [-0.1, -0.05) is 24.3 Å². The number of pyridine rings is 1. The minimum Gasteiger partial charge on any atom is -0.437 e. The number of fused-ring (bicyclic) bond motifs is 1. The van der Waals surface area contributed by atoms with Crippen molar-refractivity contribution in [2.45, 2.75) is 37.9 Å². The molecule has 256 valence electrons. The van der Waals surface area contributed by atoms with Gasteiger partial charge in [0.05, 0.1) is 17.0 Å². The third kappa shape index (κ3) is 7.95. The van der Waals surface area contributed by atoms with Crippen LogP contribution in [0.4, 0.5) is 29.2 Å². The standard InChI is InChI=1S/C33H29ClF4N6O4S/c1-20-6-11-24-25(12-13-27(35)29(24)44(34)49(45,46)19-21-7-9-23(10-8-21)48-33(36,37)38)30(20)47-31-26(5-3-16-40-31)28-14-17-41-32(43-28)42-22-4-2-15-39-18-22/h3,5-14,16-17,22,39H,2,4,15,18-19H2,1H3,(H,41,42,43)/t22-/m0/s1. The molecule has 0 saturated carbocycles. The Bertz CT molecular complexity index is 2080. The molecule has 3 aromatic carbocycles. The molecular weight excluding hydrogens is 688 g/mol. The van der Waals surface area contributed by atoms with Crippen LogP contribution in [0.1, 0.15) is 24.0 Å². The van der Waals surface area contributed by atoms with Crippen molar-refractivity contribution in [1.29, 1.82) is 0 Å². The number of hydrogen-bond acceptors (Lipinski definition) is 9.